The van der Waals surface area contributed by atoms with E-state index in [0.717, 1.165) is 49.2 Å². The van der Waals surface area contributed by atoms with E-state index in [4.69, 9.17) is 4.98 Å². The van der Waals surface area contributed by atoms with Crippen molar-refractivity contribution in [2.24, 2.45) is 11.8 Å². The maximum atomic E-state index is 12.6. The summed E-state index contributed by atoms with van der Waals surface area (Å²) >= 11 is 0. The van der Waals surface area contributed by atoms with Crippen LogP contribution in [0.15, 0.2) is 24.3 Å². The molecule has 1 amide bonds. The Balaban J connectivity index is 1.81. The molecule has 1 saturated heterocycles. The Morgan fingerprint density at radius 3 is 2.78 bits per heavy atom. The number of imidazole rings is 1. The summed E-state index contributed by atoms with van der Waals surface area (Å²) in [6.07, 6.45) is 2.83. The molecule has 2 atom stereocenters. The molecule has 124 valence electrons. The van der Waals surface area contributed by atoms with E-state index in [1.807, 2.05) is 24.3 Å². The molecule has 0 saturated carbocycles. The zero-order valence-corrected chi connectivity index (χ0v) is 13.9. The van der Waals surface area contributed by atoms with Crippen LogP contribution in [0.5, 0.6) is 0 Å². The molecule has 5 heteroatoms. The molecule has 3 rings (SSSR count). The van der Waals surface area contributed by atoms with E-state index in [1.54, 1.807) is 0 Å². The van der Waals surface area contributed by atoms with E-state index in [1.165, 1.54) is 0 Å². The second kappa shape index (κ2) is 7.13. The van der Waals surface area contributed by atoms with E-state index in [9.17, 15) is 4.79 Å². The first-order valence-electron chi connectivity index (χ1n) is 8.64. The van der Waals surface area contributed by atoms with Gasteiger partial charge in [0.05, 0.1) is 17.1 Å². The summed E-state index contributed by atoms with van der Waals surface area (Å²) in [6.45, 7) is 6.17. The SMILES string of the molecule is CCC(C)C(NC(=O)C1CCNCC1)c1nc2ccccc2[nH]1. The van der Waals surface area contributed by atoms with Gasteiger partial charge in [0, 0.05) is 5.92 Å². The molecule has 3 N–H and O–H groups in total. The van der Waals surface area contributed by atoms with Crippen molar-refractivity contribution in [2.45, 2.75) is 39.2 Å². The van der Waals surface area contributed by atoms with E-state index < -0.39 is 0 Å². The first-order chi connectivity index (χ1) is 11.2. The summed E-state index contributed by atoms with van der Waals surface area (Å²) in [5, 5.41) is 6.56. The Labute approximate surface area is 137 Å². The maximum absolute atomic E-state index is 12.6. The first-order valence-corrected chi connectivity index (χ1v) is 8.64. The minimum Gasteiger partial charge on any atom is -0.346 e. The minimum absolute atomic E-state index is 0.0604. The fraction of sp³-hybridized carbons (Fsp3) is 0.556. The molecule has 0 radical (unpaired) electrons. The molecule has 1 aliphatic heterocycles. The number of benzene rings is 1. The van der Waals surface area contributed by atoms with Crippen LogP contribution in [0.4, 0.5) is 0 Å². The van der Waals surface area contributed by atoms with Gasteiger partial charge in [0.1, 0.15) is 5.82 Å². The normalized spacial score (nSPS) is 18.7. The smallest absolute Gasteiger partial charge is 0.223 e. The third-order valence-corrected chi connectivity index (χ3v) is 4.92. The number of nitrogens with one attached hydrogen (secondary N) is 3. The van der Waals surface area contributed by atoms with Gasteiger partial charge < -0.3 is 15.6 Å². The third-order valence-electron chi connectivity index (χ3n) is 4.92. The van der Waals surface area contributed by atoms with Gasteiger partial charge in [-0.3, -0.25) is 4.79 Å². The number of hydrogen-bond acceptors (Lipinski definition) is 3. The number of fused-ring (bicyclic) bond motifs is 1. The van der Waals surface area contributed by atoms with Gasteiger partial charge in [0.25, 0.3) is 0 Å². The summed E-state index contributed by atoms with van der Waals surface area (Å²) in [7, 11) is 0. The summed E-state index contributed by atoms with van der Waals surface area (Å²) in [5.74, 6) is 1.48. The zero-order chi connectivity index (χ0) is 16.2. The first kappa shape index (κ1) is 16.0. The highest BCUT2D eigenvalue weighted by Gasteiger charge is 2.28. The highest BCUT2D eigenvalue weighted by Crippen LogP contribution is 2.25. The van der Waals surface area contributed by atoms with Crippen molar-refractivity contribution >= 4 is 16.9 Å². The third kappa shape index (κ3) is 3.55. The fourth-order valence-corrected chi connectivity index (χ4v) is 3.19. The quantitative estimate of drug-likeness (QED) is 0.795. The van der Waals surface area contributed by atoms with Crippen LogP contribution in [0.2, 0.25) is 0 Å². The fourth-order valence-electron chi connectivity index (χ4n) is 3.19. The summed E-state index contributed by atoms with van der Waals surface area (Å²) < 4.78 is 0. The van der Waals surface area contributed by atoms with Crippen LogP contribution >= 0.6 is 0 Å². The van der Waals surface area contributed by atoms with Crippen molar-refractivity contribution in [3.8, 4) is 0 Å². The molecule has 1 fully saturated rings. The Kier molecular flexibility index (Phi) is 4.96. The molecule has 1 aromatic heterocycles. The van der Waals surface area contributed by atoms with Gasteiger partial charge in [-0.1, -0.05) is 32.4 Å². The molecule has 5 nitrogen and oxygen atoms in total. The van der Waals surface area contributed by atoms with Crippen molar-refractivity contribution < 1.29 is 4.79 Å². The van der Waals surface area contributed by atoms with Gasteiger partial charge in [-0.05, 0) is 44.0 Å². The van der Waals surface area contributed by atoms with Gasteiger partial charge >= 0.3 is 0 Å². The number of piperidine rings is 1. The topological polar surface area (TPSA) is 69.8 Å². The standard InChI is InChI=1S/C18H26N4O/c1-3-12(2)16(22-18(23)13-8-10-19-11-9-13)17-20-14-6-4-5-7-15(14)21-17/h4-7,12-13,16,19H,3,8-11H2,1-2H3,(H,20,21)(H,22,23). The Hall–Kier alpha value is -1.88. The molecule has 0 spiro atoms. The maximum Gasteiger partial charge on any atom is 0.223 e. The van der Waals surface area contributed by atoms with Crippen molar-refractivity contribution in [2.75, 3.05) is 13.1 Å². The minimum atomic E-state index is -0.0604. The molecule has 23 heavy (non-hydrogen) atoms. The highest BCUT2D eigenvalue weighted by molar-refractivity contribution is 5.79. The molecule has 2 heterocycles. The molecule has 1 aromatic carbocycles. The molecule has 1 aliphatic rings. The average Bonchev–Trinajstić information content (AvgIpc) is 3.03. The van der Waals surface area contributed by atoms with Gasteiger partial charge in [-0.25, -0.2) is 4.98 Å². The summed E-state index contributed by atoms with van der Waals surface area (Å²) in [6, 6.07) is 7.94. The van der Waals surface area contributed by atoms with Crippen LogP contribution in [-0.2, 0) is 4.79 Å². The molecule has 0 aliphatic carbocycles. The number of carbonyl (C=O) groups excluding carboxylic acids is 1. The van der Waals surface area contributed by atoms with E-state index in [2.05, 4.69) is 29.5 Å². The van der Waals surface area contributed by atoms with Crippen molar-refractivity contribution in [1.29, 1.82) is 0 Å². The number of amides is 1. The number of hydrogen-bond donors (Lipinski definition) is 3. The Morgan fingerprint density at radius 1 is 1.35 bits per heavy atom. The van der Waals surface area contributed by atoms with Crippen LogP contribution in [0.1, 0.15) is 45.0 Å². The number of para-hydroxylation sites is 2. The highest BCUT2D eigenvalue weighted by atomic mass is 16.2. The van der Waals surface area contributed by atoms with E-state index in [-0.39, 0.29) is 17.9 Å². The predicted octanol–water partition coefficient (Wildman–Crippen LogP) is 2.77. The van der Waals surface area contributed by atoms with Crippen LogP contribution in [0.3, 0.4) is 0 Å². The lowest BCUT2D eigenvalue weighted by atomic mass is 9.94. The lowest BCUT2D eigenvalue weighted by Crippen LogP contribution is -2.41. The van der Waals surface area contributed by atoms with Gasteiger partial charge in [0.15, 0.2) is 0 Å². The van der Waals surface area contributed by atoms with Crippen molar-refractivity contribution in [3.05, 3.63) is 30.1 Å². The van der Waals surface area contributed by atoms with E-state index >= 15 is 0 Å². The molecule has 0 bridgehead atoms. The molecule has 2 unspecified atom stereocenters. The molecular weight excluding hydrogens is 288 g/mol. The number of H-pyrrole nitrogens is 1. The van der Waals surface area contributed by atoms with Crippen molar-refractivity contribution in [3.63, 3.8) is 0 Å². The van der Waals surface area contributed by atoms with Crippen LogP contribution in [0.25, 0.3) is 11.0 Å². The molecule has 2 aromatic rings. The predicted molar refractivity (Wildman–Crippen MR) is 92.0 cm³/mol. The largest absolute Gasteiger partial charge is 0.346 e. The summed E-state index contributed by atoms with van der Waals surface area (Å²) in [5.41, 5.74) is 1.97. The van der Waals surface area contributed by atoms with Gasteiger partial charge in [-0.2, -0.15) is 0 Å². The number of aromatic nitrogens is 2. The number of carbonyl (C=O) groups is 1. The number of aromatic amines is 1. The second-order valence-corrected chi connectivity index (χ2v) is 6.54. The molecular formula is C18H26N4O. The van der Waals surface area contributed by atoms with Crippen LogP contribution in [-0.4, -0.2) is 29.0 Å². The zero-order valence-electron chi connectivity index (χ0n) is 13.9. The monoisotopic (exact) mass is 314 g/mol. The van der Waals surface area contributed by atoms with Crippen LogP contribution < -0.4 is 10.6 Å². The number of rotatable bonds is 5. The lowest BCUT2D eigenvalue weighted by molar-refractivity contribution is -0.127. The Morgan fingerprint density at radius 2 is 2.09 bits per heavy atom. The van der Waals surface area contributed by atoms with Gasteiger partial charge in [0.2, 0.25) is 5.91 Å². The second-order valence-electron chi connectivity index (χ2n) is 6.54. The lowest BCUT2D eigenvalue weighted by Gasteiger charge is -2.27. The van der Waals surface area contributed by atoms with Crippen molar-refractivity contribution in [1.82, 2.24) is 20.6 Å². The summed E-state index contributed by atoms with van der Waals surface area (Å²) in [4.78, 5) is 20.7. The Bertz CT molecular complexity index is 627. The van der Waals surface area contributed by atoms with Crippen LogP contribution in [0, 0.1) is 11.8 Å². The van der Waals surface area contributed by atoms with Gasteiger partial charge in [-0.15, -0.1) is 0 Å². The number of nitrogens with zero attached hydrogens (tertiary/aromatic N) is 1. The van der Waals surface area contributed by atoms with E-state index in [0.29, 0.717) is 5.92 Å². The average molecular weight is 314 g/mol.